The van der Waals surface area contributed by atoms with E-state index in [4.69, 9.17) is 9.47 Å². The third-order valence-electron chi connectivity index (χ3n) is 2.77. The van der Waals surface area contributed by atoms with Crippen LogP contribution in [0.25, 0.3) is 0 Å². The molecule has 0 saturated carbocycles. The van der Waals surface area contributed by atoms with E-state index in [9.17, 15) is 9.59 Å². The highest BCUT2D eigenvalue weighted by Gasteiger charge is 2.41. The van der Waals surface area contributed by atoms with E-state index >= 15 is 0 Å². The third-order valence-corrected chi connectivity index (χ3v) is 2.77. The zero-order chi connectivity index (χ0) is 13.2. The van der Waals surface area contributed by atoms with Gasteiger partial charge in [0.05, 0.1) is 7.11 Å². The first-order valence-electron chi connectivity index (χ1n) is 5.83. The van der Waals surface area contributed by atoms with Gasteiger partial charge in [0.2, 0.25) is 0 Å². The van der Waals surface area contributed by atoms with E-state index in [0.717, 1.165) is 6.42 Å². The second-order valence-electron chi connectivity index (χ2n) is 5.41. The van der Waals surface area contributed by atoms with Gasteiger partial charge in [0.15, 0.2) is 0 Å². The highest BCUT2D eigenvalue weighted by Crippen LogP contribution is 2.26. The number of carbonyl (C=O) groups is 2. The predicted octanol–water partition coefficient (Wildman–Crippen LogP) is 1.80. The number of methoxy groups -OCH3 is 1. The summed E-state index contributed by atoms with van der Waals surface area (Å²) < 4.78 is 10.0. The Hall–Kier alpha value is -1.26. The second-order valence-corrected chi connectivity index (χ2v) is 5.41. The molecule has 1 amide bonds. The second kappa shape index (κ2) is 4.94. The Morgan fingerprint density at radius 2 is 1.88 bits per heavy atom. The molecule has 17 heavy (non-hydrogen) atoms. The fraction of sp³-hybridized carbons (Fsp3) is 0.833. The van der Waals surface area contributed by atoms with Crippen molar-refractivity contribution in [2.75, 3.05) is 13.7 Å². The van der Waals surface area contributed by atoms with Crippen LogP contribution in [-0.4, -0.2) is 42.3 Å². The molecule has 0 aromatic carbocycles. The van der Waals surface area contributed by atoms with Crippen LogP contribution < -0.4 is 0 Å². The summed E-state index contributed by atoms with van der Waals surface area (Å²) in [4.78, 5) is 25.0. The first-order chi connectivity index (χ1) is 7.76. The summed E-state index contributed by atoms with van der Waals surface area (Å²) in [5, 5.41) is 0. The number of amides is 1. The molecule has 5 heteroatoms. The van der Waals surface area contributed by atoms with Crippen molar-refractivity contribution in [2.24, 2.45) is 5.92 Å². The summed E-state index contributed by atoms with van der Waals surface area (Å²) in [5.74, 6) is -0.268. The van der Waals surface area contributed by atoms with Crippen LogP contribution in [-0.2, 0) is 14.3 Å². The summed E-state index contributed by atoms with van der Waals surface area (Å²) in [6, 6.07) is -0.519. The van der Waals surface area contributed by atoms with Gasteiger partial charge in [-0.1, -0.05) is 6.92 Å². The van der Waals surface area contributed by atoms with Gasteiger partial charge in [-0.3, -0.25) is 4.90 Å². The Balaban J connectivity index is 2.76. The fourth-order valence-electron chi connectivity index (χ4n) is 1.95. The van der Waals surface area contributed by atoms with Crippen LogP contribution in [0.4, 0.5) is 4.79 Å². The van der Waals surface area contributed by atoms with Crippen LogP contribution in [0.2, 0.25) is 0 Å². The molecular weight excluding hydrogens is 222 g/mol. The van der Waals surface area contributed by atoms with Crippen molar-refractivity contribution < 1.29 is 19.1 Å². The minimum absolute atomic E-state index is 0.106. The van der Waals surface area contributed by atoms with Crippen LogP contribution in [0.1, 0.15) is 34.1 Å². The van der Waals surface area contributed by atoms with Crippen LogP contribution >= 0.6 is 0 Å². The van der Waals surface area contributed by atoms with Crippen molar-refractivity contribution in [1.29, 1.82) is 0 Å². The maximum Gasteiger partial charge on any atom is 0.411 e. The number of esters is 1. The van der Waals surface area contributed by atoms with Gasteiger partial charge in [0.1, 0.15) is 11.6 Å². The molecule has 5 nitrogen and oxygen atoms in total. The van der Waals surface area contributed by atoms with Crippen molar-refractivity contribution in [1.82, 2.24) is 4.90 Å². The minimum Gasteiger partial charge on any atom is -0.467 e. The van der Waals surface area contributed by atoms with Gasteiger partial charge in [-0.25, -0.2) is 9.59 Å². The van der Waals surface area contributed by atoms with Gasteiger partial charge in [0, 0.05) is 6.54 Å². The molecule has 0 bridgehead atoms. The monoisotopic (exact) mass is 243 g/mol. The Morgan fingerprint density at radius 1 is 1.29 bits per heavy atom. The Labute approximate surface area is 102 Å². The number of carbonyl (C=O) groups excluding carboxylic acids is 2. The van der Waals surface area contributed by atoms with Crippen LogP contribution in [0.5, 0.6) is 0 Å². The maximum atomic E-state index is 11.9. The number of ether oxygens (including phenoxy) is 2. The minimum atomic E-state index is -0.552. The van der Waals surface area contributed by atoms with Crippen molar-refractivity contribution >= 4 is 12.1 Å². The number of likely N-dealkylation sites (tertiary alicyclic amines) is 1. The molecule has 1 fully saturated rings. The topological polar surface area (TPSA) is 55.8 Å². The molecule has 98 valence electrons. The maximum absolute atomic E-state index is 11.9. The molecule has 0 radical (unpaired) electrons. The highest BCUT2D eigenvalue weighted by molar-refractivity contribution is 5.82. The lowest BCUT2D eigenvalue weighted by Gasteiger charge is -2.28. The molecule has 0 aromatic rings. The van der Waals surface area contributed by atoms with Crippen molar-refractivity contribution in [2.45, 2.75) is 45.8 Å². The molecule has 2 atom stereocenters. The van der Waals surface area contributed by atoms with Crippen molar-refractivity contribution in [3.63, 3.8) is 0 Å². The van der Waals surface area contributed by atoms with Gasteiger partial charge in [0.25, 0.3) is 0 Å². The summed E-state index contributed by atoms with van der Waals surface area (Å²) in [6.45, 7) is 7.88. The number of nitrogens with zero attached hydrogens (tertiary/aromatic N) is 1. The molecule has 1 aliphatic rings. The zero-order valence-corrected chi connectivity index (χ0v) is 11.1. The lowest BCUT2D eigenvalue weighted by Crippen LogP contribution is -2.45. The number of hydrogen-bond acceptors (Lipinski definition) is 4. The van der Waals surface area contributed by atoms with Crippen LogP contribution in [0, 0.1) is 5.92 Å². The van der Waals surface area contributed by atoms with E-state index in [1.165, 1.54) is 12.0 Å². The zero-order valence-electron chi connectivity index (χ0n) is 11.1. The SMILES string of the molecule is COC(=O)C1C(C)CCN1C(=O)OC(C)(C)C. The normalized spacial score (nSPS) is 24.6. The molecule has 1 saturated heterocycles. The van der Waals surface area contributed by atoms with E-state index in [0.29, 0.717) is 6.54 Å². The quantitative estimate of drug-likeness (QED) is 0.659. The van der Waals surface area contributed by atoms with Crippen molar-refractivity contribution in [3.05, 3.63) is 0 Å². The van der Waals surface area contributed by atoms with Crippen molar-refractivity contribution in [3.8, 4) is 0 Å². The van der Waals surface area contributed by atoms with Gasteiger partial charge in [-0.05, 0) is 33.1 Å². The van der Waals surface area contributed by atoms with Gasteiger partial charge >= 0.3 is 12.1 Å². The van der Waals surface area contributed by atoms with E-state index < -0.39 is 17.7 Å². The van der Waals surface area contributed by atoms with Crippen LogP contribution in [0.15, 0.2) is 0 Å². The van der Waals surface area contributed by atoms with E-state index in [-0.39, 0.29) is 11.9 Å². The van der Waals surface area contributed by atoms with E-state index in [1.807, 2.05) is 6.92 Å². The first-order valence-corrected chi connectivity index (χ1v) is 5.83. The largest absolute Gasteiger partial charge is 0.467 e. The molecular formula is C12H21NO4. The number of hydrogen-bond donors (Lipinski definition) is 0. The molecule has 0 N–H and O–H groups in total. The van der Waals surface area contributed by atoms with Crippen LogP contribution in [0.3, 0.4) is 0 Å². The lowest BCUT2D eigenvalue weighted by molar-refractivity contribution is -0.146. The van der Waals surface area contributed by atoms with E-state index in [2.05, 4.69) is 0 Å². The summed E-state index contributed by atoms with van der Waals surface area (Å²) in [6.07, 6.45) is 0.344. The molecule has 1 heterocycles. The molecule has 1 rings (SSSR count). The van der Waals surface area contributed by atoms with Gasteiger partial charge < -0.3 is 9.47 Å². The standard InChI is InChI=1S/C12H21NO4/c1-8-6-7-13(9(8)10(14)16-5)11(15)17-12(2,3)4/h8-9H,6-7H2,1-5H3. The van der Waals surface area contributed by atoms with Gasteiger partial charge in [-0.15, -0.1) is 0 Å². The van der Waals surface area contributed by atoms with E-state index in [1.54, 1.807) is 20.8 Å². The summed E-state index contributed by atoms with van der Waals surface area (Å²) in [5.41, 5.74) is -0.552. The summed E-state index contributed by atoms with van der Waals surface area (Å²) in [7, 11) is 1.33. The molecule has 2 unspecified atom stereocenters. The van der Waals surface area contributed by atoms with Gasteiger partial charge in [-0.2, -0.15) is 0 Å². The highest BCUT2D eigenvalue weighted by atomic mass is 16.6. The fourth-order valence-corrected chi connectivity index (χ4v) is 1.95. The average Bonchev–Trinajstić information content (AvgIpc) is 2.56. The average molecular weight is 243 g/mol. The first kappa shape index (κ1) is 13.8. The molecule has 0 aliphatic carbocycles. The smallest absolute Gasteiger partial charge is 0.411 e. The Kier molecular flexibility index (Phi) is 4.01. The lowest BCUT2D eigenvalue weighted by atomic mass is 10.0. The Morgan fingerprint density at radius 3 is 2.35 bits per heavy atom. The third kappa shape index (κ3) is 3.35. The predicted molar refractivity (Wildman–Crippen MR) is 62.5 cm³/mol. The number of rotatable bonds is 1. The summed E-state index contributed by atoms with van der Waals surface area (Å²) >= 11 is 0. The Bertz CT molecular complexity index is 308. The molecule has 0 spiro atoms. The molecule has 0 aromatic heterocycles. The molecule has 1 aliphatic heterocycles.